The van der Waals surface area contributed by atoms with Crippen molar-refractivity contribution in [3.05, 3.63) is 95.1 Å². The van der Waals surface area contributed by atoms with Gasteiger partial charge in [0.05, 0.1) is 29.6 Å². The largest absolute Gasteiger partial charge is 0.465 e. The van der Waals surface area contributed by atoms with E-state index in [0.717, 1.165) is 35.8 Å². The van der Waals surface area contributed by atoms with Gasteiger partial charge in [0.25, 0.3) is 11.8 Å². The van der Waals surface area contributed by atoms with Gasteiger partial charge in [0.2, 0.25) is 0 Å². The highest BCUT2D eigenvalue weighted by atomic mass is 32.2. The molecule has 2 N–H and O–H groups in total. The second kappa shape index (κ2) is 10.3. The standard InChI is InChI=1S/C28H25N3O4S/c1-35-28(34)20-9-12-22-23(17-20)30-26(32)24(22)25(18-5-3-2-4-6-18)29-21-10-7-19(8-11-21)27(33)31-13-15-36-16-14-31/h2-12,17,29H,13-16H2,1H3,(H,30,32)/b25-24-. The Morgan fingerprint density at radius 2 is 1.61 bits per heavy atom. The van der Waals surface area contributed by atoms with Gasteiger partial charge in [0.15, 0.2) is 0 Å². The highest BCUT2D eigenvalue weighted by Crippen LogP contribution is 2.38. The Morgan fingerprint density at radius 3 is 2.31 bits per heavy atom. The van der Waals surface area contributed by atoms with E-state index < -0.39 is 5.97 Å². The lowest BCUT2D eigenvalue weighted by Crippen LogP contribution is -2.37. The lowest BCUT2D eigenvalue weighted by molar-refractivity contribution is -0.110. The molecular weight excluding hydrogens is 474 g/mol. The summed E-state index contributed by atoms with van der Waals surface area (Å²) in [5, 5.41) is 6.27. The Morgan fingerprint density at radius 1 is 0.917 bits per heavy atom. The number of fused-ring (bicyclic) bond motifs is 1. The van der Waals surface area contributed by atoms with Gasteiger partial charge >= 0.3 is 5.97 Å². The fraction of sp³-hybridized carbons (Fsp3) is 0.179. The summed E-state index contributed by atoms with van der Waals surface area (Å²) >= 11 is 1.86. The summed E-state index contributed by atoms with van der Waals surface area (Å²) in [4.78, 5) is 39.8. The van der Waals surface area contributed by atoms with E-state index in [1.54, 1.807) is 18.2 Å². The molecule has 0 spiro atoms. The maximum absolute atomic E-state index is 13.1. The molecule has 3 aromatic carbocycles. The van der Waals surface area contributed by atoms with Crippen molar-refractivity contribution in [2.75, 3.05) is 42.3 Å². The van der Waals surface area contributed by atoms with Crippen molar-refractivity contribution in [3.8, 4) is 0 Å². The third kappa shape index (κ3) is 4.72. The average Bonchev–Trinajstić information content (AvgIpc) is 3.26. The number of nitrogens with zero attached hydrogens (tertiary/aromatic N) is 1. The third-order valence-corrected chi connectivity index (χ3v) is 7.14. The lowest BCUT2D eigenvalue weighted by atomic mass is 9.99. The van der Waals surface area contributed by atoms with Crippen LogP contribution in [0.4, 0.5) is 11.4 Å². The van der Waals surface area contributed by atoms with Gasteiger partial charge in [-0.25, -0.2) is 4.79 Å². The molecule has 1 fully saturated rings. The zero-order valence-corrected chi connectivity index (χ0v) is 20.6. The van der Waals surface area contributed by atoms with Crippen molar-refractivity contribution < 1.29 is 19.1 Å². The first-order valence-electron chi connectivity index (χ1n) is 11.6. The Labute approximate surface area is 213 Å². The van der Waals surface area contributed by atoms with Crippen molar-refractivity contribution in [2.24, 2.45) is 0 Å². The molecule has 182 valence electrons. The molecule has 2 amide bonds. The number of carbonyl (C=O) groups excluding carboxylic acids is 3. The molecule has 3 aromatic rings. The molecule has 1 saturated heterocycles. The highest BCUT2D eigenvalue weighted by molar-refractivity contribution is 7.99. The van der Waals surface area contributed by atoms with Crippen molar-refractivity contribution in [3.63, 3.8) is 0 Å². The molecule has 2 aliphatic rings. The van der Waals surface area contributed by atoms with Gasteiger partial charge in [-0.15, -0.1) is 0 Å². The van der Waals surface area contributed by atoms with Crippen LogP contribution in [0.3, 0.4) is 0 Å². The van der Waals surface area contributed by atoms with Crippen molar-refractivity contribution >= 4 is 52.2 Å². The molecule has 2 aliphatic heterocycles. The van der Waals surface area contributed by atoms with Gasteiger partial charge in [-0.2, -0.15) is 11.8 Å². The van der Waals surface area contributed by atoms with E-state index in [2.05, 4.69) is 10.6 Å². The summed E-state index contributed by atoms with van der Waals surface area (Å²) in [5.41, 5.74) is 4.92. The quantitative estimate of drug-likeness (QED) is 0.394. The van der Waals surface area contributed by atoms with E-state index in [9.17, 15) is 14.4 Å². The Kier molecular flexibility index (Phi) is 6.77. The third-order valence-electron chi connectivity index (χ3n) is 6.20. The Bertz CT molecular complexity index is 1350. The summed E-state index contributed by atoms with van der Waals surface area (Å²) in [6.45, 7) is 1.53. The van der Waals surface area contributed by atoms with Crippen LogP contribution in [0.25, 0.3) is 11.3 Å². The van der Waals surface area contributed by atoms with Gasteiger partial charge < -0.3 is 20.3 Å². The van der Waals surface area contributed by atoms with E-state index in [1.807, 2.05) is 71.3 Å². The van der Waals surface area contributed by atoms with Crippen LogP contribution in [0, 0.1) is 0 Å². The summed E-state index contributed by atoms with van der Waals surface area (Å²) in [6, 6.07) is 21.9. The van der Waals surface area contributed by atoms with Gasteiger partial charge in [-0.1, -0.05) is 36.4 Å². The minimum atomic E-state index is -0.469. The minimum absolute atomic E-state index is 0.0361. The van der Waals surface area contributed by atoms with Gasteiger partial charge in [0, 0.05) is 41.4 Å². The Hall–Kier alpha value is -4.04. The first-order valence-corrected chi connectivity index (χ1v) is 12.8. The van der Waals surface area contributed by atoms with Crippen molar-refractivity contribution in [1.29, 1.82) is 0 Å². The molecule has 2 heterocycles. The first-order chi connectivity index (χ1) is 17.5. The topological polar surface area (TPSA) is 87.7 Å². The van der Waals surface area contributed by atoms with Crippen LogP contribution >= 0.6 is 11.8 Å². The normalized spacial score (nSPS) is 16.1. The highest BCUT2D eigenvalue weighted by Gasteiger charge is 2.29. The van der Waals surface area contributed by atoms with Crippen LogP contribution in [-0.4, -0.2) is 54.4 Å². The molecule has 0 aliphatic carbocycles. The lowest BCUT2D eigenvalue weighted by Gasteiger charge is -2.26. The summed E-state index contributed by atoms with van der Waals surface area (Å²) < 4.78 is 4.81. The van der Waals surface area contributed by atoms with Gasteiger partial charge in [-0.05, 0) is 42.0 Å². The van der Waals surface area contributed by atoms with Crippen molar-refractivity contribution in [2.45, 2.75) is 0 Å². The molecule has 0 atom stereocenters. The number of hydrogen-bond acceptors (Lipinski definition) is 6. The van der Waals surface area contributed by atoms with Crippen LogP contribution in [0.2, 0.25) is 0 Å². The van der Waals surface area contributed by atoms with E-state index in [0.29, 0.717) is 33.6 Å². The average molecular weight is 500 g/mol. The summed E-state index contributed by atoms with van der Waals surface area (Å²) in [6.07, 6.45) is 0. The maximum atomic E-state index is 13.1. The monoisotopic (exact) mass is 499 g/mol. The summed E-state index contributed by atoms with van der Waals surface area (Å²) in [5.74, 6) is 1.22. The molecular formula is C28H25N3O4S. The summed E-state index contributed by atoms with van der Waals surface area (Å²) in [7, 11) is 1.32. The smallest absolute Gasteiger partial charge is 0.337 e. The number of thioether (sulfide) groups is 1. The number of esters is 1. The van der Waals surface area contributed by atoms with E-state index in [4.69, 9.17) is 4.74 Å². The Balaban J connectivity index is 1.50. The van der Waals surface area contributed by atoms with Crippen LogP contribution in [-0.2, 0) is 9.53 Å². The van der Waals surface area contributed by atoms with E-state index in [1.165, 1.54) is 7.11 Å². The van der Waals surface area contributed by atoms with Crippen LogP contribution in [0.5, 0.6) is 0 Å². The zero-order chi connectivity index (χ0) is 25.1. The number of benzene rings is 3. The number of rotatable bonds is 5. The van der Waals surface area contributed by atoms with E-state index >= 15 is 0 Å². The molecule has 0 aromatic heterocycles. The second-order valence-electron chi connectivity index (χ2n) is 8.43. The number of nitrogens with one attached hydrogen (secondary N) is 2. The number of methoxy groups -OCH3 is 1. The molecule has 7 nitrogen and oxygen atoms in total. The van der Waals surface area contributed by atoms with Gasteiger partial charge in [-0.3, -0.25) is 9.59 Å². The molecule has 36 heavy (non-hydrogen) atoms. The molecule has 8 heteroatoms. The second-order valence-corrected chi connectivity index (χ2v) is 9.65. The fourth-order valence-electron chi connectivity index (χ4n) is 4.34. The van der Waals surface area contributed by atoms with Gasteiger partial charge in [0.1, 0.15) is 0 Å². The predicted molar refractivity (Wildman–Crippen MR) is 143 cm³/mol. The number of hydrogen-bond donors (Lipinski definition) is 2. The fourth-order valence-corrected chi connectivity index (χ4v) is 5.24. The molecule has 0 saturated carbocycles. The number of carbonyl (C=O) groups is 3. The van der Waals surface area contributed by atoms with Crippen molar-refractivity contribution in [1.82, 2.24) is 4.90 Å². The number of ether oxygens (including phenoxy) is 1. The molecule has 0 bridgehead atoms. The first kappa shape index (κ1) is 23.7. The zero-order valence-electron chi connectivity index (χ0n) is 19.7. The van der Waals surface area contributed by atoms with Crippen LogP contribution in [0.15, 0.2) is 72.8 Å². The predicted octanol–water partition coefficient (Wildman–Crippen LogP) is 4.59. The SMILES string of the molecule is COC(=O)c1ccc2c(c1)NC(=O)/C2=C(\Nc1ccc(C(=O)N2CCSCC2)cc1)c1ccccc1. The molecule has 0 unspecified atom stereocenters. The van der Waals surface area contributed by atoms with Crippen LogP contribution < -0.4 is 10.6 Å². The number of anilines is 2. The van der Waals surface area contributed by atoms with E-state index in [-0.39, 0.29) is 11.8 Å². The molecule has 0 radical (unpaired) electrons. The maximum Gasteiger partial charge on any atom is 0.337 e. The minimum Gasteiger partial charge on any atom is -0.465 e. The molecule has 5 rings (SSSR count). The number of amides is 2. The van der Waals surface area contributed by atoms with Crippen LogP contribution in [0.1, 0.15) is 31.8 Å².